The van der Waals surface area contributed by atoms with Gasteiger partial charge in [-0.25, -0.2) is 8.78 Å². The number of benzene rings is 3. The van der Waals surface area contributed by atoms with E-state index in [1.165, 1.54) is 6.07 Å². The van der Waals surface area contributed by atoms with Crippen LogP contribution in [0.5, 0.6) is 0 Å². The van der Waals surface area contributed by atoms with Gasteiger partial charge in [-0.15, -0.1) is 0 Å². The van der Waals surface area contributed by atoms with Crippen LogP contribution in [-0.2, 0) is 6.18 Å². The zero-order valence-corrected chi connectivity index (χ0v) is 14.9. The Kier molecular flexibility index (Phi) is 4.53. The largest absolute Gasteiger partial charge is 0.416 e. The fourth-order valence-electron chi connectivity index (χ4n) is 3.13. The molecule has 4 rings (SSSR count). The zero-order chi connectivity index (χ0) is 21.6. The Morgan fingerprint density at radius 1 is 0.867 bits per heavy atom. The molecule has 0 saturated heterocycles. The van der Waals surface area contributed by atoms with Gasteiger partial charge < -0.3 is 10.3 Å². The Morgan fingerprint density at radius 3 is 2.20 bits per heavy atom. The van der Waals surface area contributed by atoms with Crippen molar-refractivity contribution in [1.82, 2.24) is 4.98 Å². The summed E-state index contributed by atoms with van der Waals surface area (Å²) in [6, 6.07) is 8.96. The van der Waals surface area contributed by atoms with E-state index in [1.807, 2.05) is 0 Å². The summed E-state index contributed by atoms with van der Waals surface area (Å²) in [7, 11) is 0. The molecule has 0 saturated carbocycles. The first-order chi connectivity index (χ1) is 14.1. The summed E-state index contributed by atoms with van der Waals surface area (Å²) in [6.07, 6.45) is -4.53. The van der Waals surface area contributed by atoms with Gasteiger partial charge in [0.25, 0.3) is 5.91 Å². The highest BCUT2D eigenvalue weighted by Crippen LogP contribution is 2.30. The fourth-order valence-corrected chi connectivity index (χ4v) is 3.13. The first-order valence-electron chi connectivity index (χ1n) is 8.57. The van der Waals surface area contributed by atoms with Gasteiger partial charge in [-0.1, -0.05) is 0 Å². The van der Waals surface area contributed by atoms with Crippen LogP contribution in [0.1, 0.15) is 15.9 Å². The average molecular weight is 418 g/mol. The van der Waals surface area contributed by atoms with Crippen LogP contribution in [0.3, 0.4) is 0 Å². The molecule has 3 aromatic carbocycles. The van der Waals surface area contributed by atoms with Gasteiger partial charge in [-0.2, -0.15) is 13.2 Å². The molecule has 2 N–H and O–H groups in total. The second-order valence-electron chi connectivity index (χ2n) is 6.55. The second kappa shape index (κ2) is 6.94. The Bertz CT molecular complexity index is 1360. The first-order valence-corrected chi connectivity index (χ1v) is 8.57. The first kappa shape index (κ1) is 19.6. The SMILES string of the molecule is O=C(Nc1ccc(C(F)(F)F)cc1)c1cc(F)cc2c(=O)c3cc(F)ccc3[nH]c12. The molecule has 0 fully saturated rings. The lowest BCUT2D eigenvalue weighted by molar-refractivity contribution is -0.137. The van der Waals surface area contributed by atoms with Crippen LogP contribution in [0, 0.1) is 11.6 Å². The summed E-state index contributed by atoms with van der Waals surface area (Å²) in [4.78, 5) is 28.2. The summed E-state index contributed by atoms with van der Waals surface area (Å²) >= 11 is 0. The van der Waals surface area contributed by atoms with Crippen LogP contribution in [0.2, 0.25) is 0 Å². The van der Waals surface area contributed by atoms with Crippen molar-refractivity contribution in [2.45, 2.75) is 6.18 Å². The Labute approximate surface area is 165 Å². The molecule has 0 spiro atoms. The Hall–Kier alpha value is -3.75. The van der Waals surface area contributed by atoms with E-state index in [0.717, 1.165) is 48.5 Å². The molecule has 1 aromatic heterocycles. The van der Waals surface area contributed by atoms with Crippen LogP contribution in [0.25, 0.3) is 21.8 Å². The van der Waals surface area contributed by atoms with E-state index < -0.39 is 34.7 Å². The van der Waals surface area contributed by atoms with Crippen molar-refractivity contribution in [2.24, 2.45) is 0 Å². The number of aromatic amines is 1. The topological polar surface area (TPSA) is 62.0 Å². The second-order valence-corrected chi connectivity index (χ2v) is 6.55. The molecule has 4 aromatic rings. The number of hydrogen-bond acceptors (Lipinski definition) is 2. The number of hydrogen-bond donors (Lipinski definition) is 2. The maximum atomic E-state index is 14.1. The molecule has 0 radical (unpaired) electrons. The van der Waals surface area contributed by atoms with Crippen molar-refractivity contribution in [1.29, 1.82) is 0 Å². The van der Waals surface area contributed by atoms with Gasteiger partial charge >= 0.3 is 6.18 Å². The Morgan fingerprint density at radius 2 is 1.53 bits per heavy atom. The minimum Gasteiger partial charge on any atom is -0.354 e. The molecule has 30 heavy (non-hydrogen) atoms. The van der Waals surface area contributed by atoms with Crippen LogP contribution in [-0.4, -0.2) is 10.9 Å². The number of fused-ring (bicyclic) bond motifs is 2. The molecular weight excluding hydrogens is 407 g/mol. The number of aromatic nitrogens is 1. The van der Waals surface area contributed by atoms with Crippen molar-refractivity contribution in [3.8, 4) is 0 Å². The van der Waals surface area contributed by atoms with E-state index >= 15 is 0 Å². The van der Waals surface area contributed by atoms with Gasteiger partial charge in [0, 0.05) is 22.0 Å². The van der Waals surface area contributed by atoms with E-state index in [0.29, 0.717) is 0 Å². The van der Waals surface area contributed by atoms with Crippen molar-refractivity contribution >= 4 is 33.4 Å². The molecule has 0 aliphatic rings. The number of carbonyl (C=O) groups is 1. The third kappa shape index (κ3) is 3.49. The number of H-pyrrole nitrogens is 1. The minimum absolute atomic E-state index is 0.0119. The van der Waals surface area contributed by atoms with Crippen LogP contribution >= 0.6 is 0 Å². The van der Waals surface area contributed by atoms with Gasteiger partial charge in [0.05, 0.1) is 16.6 Å². The Balaban J connectivity index is 1.80. The third-order valence-electron chi connectivity index (χ3n) is 4.55. The molecule has 0 atom stereocenters. The molecule has 9 heteroatoms. The summed E-state index contributed by atoms with van der Waals surface area (Å²) < 4.78 is 65.6. The highest BCUT2D eigenvalue weighted by atomic mass is 19.4. The third-order valence-corrected chi connectivity index (χ3v) is 4.55. The summed E-state index contributed by atoms with van der Waals surface area (Å²) in [5.74, 6) is -2.36. The molecule has 0 aliphatic carbocycles. The lowest BCUT2D eigenvalue weighted by Crippen LogP contribution is -2.16. The van der Waals surface area contributed by atoms with Crippen LogP contribution in [0.15, 0.2) is 59.4 Å². The molecule has 4 nitrogen and oxygen atoms in total. The quantitative estimate of drug-likeness (QED) is 0.346. The van der Waals surface area contributed by atoms with Crippen molar-refractivity contribution in [2.75, 3.05) is 5.32 Å². The molecule has 0 aliphatic heterocycles. The maximum Gasteiger partial charge on any atom is 0.416 e. The standard InChI is InChI=1S/C21H11F5N2O2/c22-11-3-6-17-14(7-11)19(29)15-8-12(23)9-16(18(15)28-17)20(30)27-13-4-1-10(2-5-13)21(24,25)26/h1-9H,(H,27,30)(H,28,29). The average Bonchev–Trinajstić information content (AvgIpc) is 2.68. The highest BCUT2D eigenvalue weighted by Gasteiger charge is 2.30. The van der Waals surface area contributed by atoms with Crippen molar-refractivity contribution < 1.29 is 26.7 Å². The predicted molar refractivity (Wildman–Crippen MR) is 101 cm³/mol. The van der Waals surface area contributed by atoms with Gasteiger partial charge in [0.2, 0.25) is 0 Å². The highest BCUT2D eigenvalue weighted by molar-refractivity contribution is 6.13. The van der Waals surface area contributed by atoms with Gasteiger partial charge in [0.15, 0.2) is 5.43 Å². The lowest BCUT2D eigenvalue weighted by Gasteiger charge is -2.11. The minimum atomic E-state index is -4.53. The van der Waals surface area contributed by atoms with Crippen molar-refractivity contribution in [3.63, 3.8) is 0 Å². The van der Waals surface area contributed by atoms with Crippen LogP contribution < -0.4 is 10.7 Å². The van der Waals surface area contributed by atoms with E-state index in [2.05, 4.69) is 10.3 Å². The van der Waals surface area contributed by atoms with Gasteiger partial charge in [0.1, 0.15) is 11.6 Å². The van der Waals surface area contributed by atoms with E-state index in [-0.39, 0.29) is 33.1 Å². The van der Waals surface area contributed by atoms with E-state index in [4.69, 9.17) is 0 Å². The number of alkyl halides is 3. The normalized spacial score (nSPS) is 11.8. The number of amides is 1. The predicted octanol–water partition coefficient (Wildman–Crippen LogP) is 5.23. The lowest BCUT2D eigenvalue weighted by atomic mass is 10.0. The summed E-state index contributed by atoms with van der Waals surface area (Å²) in [5.41, 5.74) is -1.47. The fraction of sp³-hybridized carbons (Fsp3) is 0.0476. The maximum absolute atomic E-state index is 14.1. The van der Waals surface area contributed by atoms with Gasteiger partial charge in [-0.3, -0.25) is 9.59 Å². The monoisotopic (exact) mass is 418 g/mol. The molecule has 0 unspecified atom stereocenters. The number of halogens is 5. The number of nitrogens with one attached hydrogen (secondary N) is 2. The summed E-state index contributed by atoms with van der Waals surface area (Å²) in [6.45, 7) is 0. The van der Waals surface area contributed by atoms with Crippen molar-refractivity contribution in [3.05, 3.63) is 87.6 Å². The smallest absolute Gasteiger partial charge is 0.354 e. The number of pyridine rings is 1. The molecule has 1 heterocycles. The van der Waals surface area contributed by atoms with Crippen LogP contribution in [0.4, 0.5) is 27.6 Å². The molecule has 1 amide bonds. The number of carbonyl (C=O) groups excluding carboxylic acids is 1. The van der Waals surface area contributed by atoms with Gasteiger partial charge in [-0.05, 0) is 54.6 Å². The zero-order valence-electron chi connectivity index (χ0n) is 14.9. The summed E-state index contributed by atoms with van der Waals surface area (Å²) in [5, 5.41) is 2.20. The molecule has 152 valence electrons. The number of anilines is 1. The molecule has 0 bridgehead atoms. The van der Waals surface area contributed by atoms with E-state index in [1.54, 1.807) is 0 Å². The van der Waals surface area contributed by atoms with E-state index in [9.17, 15) is 31.5 Å². The molecular formula is C21H11F5N2O2. The number of rotatable bonds is 2.